The number of hydrogen-bond acceptors (Lipinski definition) is 7. The second-order valence-corrected chi connectivity index (χ2v) is 11.8. The minimum absolute atomic E-state index is 0.0600. The molecule has 0 radical (unpaired) electrons. The lowest BCUT2D eigenvalue weighted by atomic mass is 9.69. The molecule has 2 aromatic rings. The van der Waals surface area contributed by atoms with Gasteiger partial charge < -0.3 is 20.7 Å². The third-order valence-electron chi connectivity index (χ3n) is 6.94. The number of carbonyl (C=O) groups excluding carboxylic acids is 4. The average Bonchev–Trinajstić information content (AvgIpc) is 2.92. The van der Waals surface area contributed by atoms with Gasteiger partial charge in [-0.2, -0.15) is 0 Å². The molecule has 2 aromatic carbocycles. The van der Waals surface area contributed by atoms with Crippen LogP contribution in [0.1, 0.15) is 30.9 Å². The summed E-state index contributed by atoms with van der Waals surface area (Å²) in [6, 6.07) is 17.3. The van der Waals surface area contributed by atoms with Gasteiger partial charge in [-0.15, -0.1) is 0 Å². The van der Waals surface area contributed by atoms with Crippen LogP contribution in [0.5, 0.6) is 0 Å². The second kappa shape index (κ2) is 13.5. The summed E-state index contributed by atoms with van der Waals surface area (Å²) in [5, 5.41) is 2.54. The molecule has 1 fully saturated rings. The number of primary amides is 1. The van der Waals surface area contributed by atoms with E-state index in [1.165, 1.54) is 4.90 Å². The Labute approximate surface area is 228 Å². The number of nitrogens with two attached hydrogens (primary N) is 1. The zero-order chi connectivity index (χ0) is 28.5. The number of nitrogens with zero attached hydrogens (tertiary/aromatic N) is 1. The number of rotatable bonds is 13. The molecule has 3 amide bonds. The second-order valence-electron chi connectivity index (χ2n) is 9.70. The normalized spacial score (nSPS) is 16.1. The Balaban J connectivity index is 1.95. The predicted molar refractivity (Wildman–Crippen MR) is 145 cm³/mol. The maximum absolute atomic E-state index is 13.5. The van der Waals surface area contributed by atoms with Crippen molar-refractivity contribution < 1.29 is 32.3 Å². The lowest BCUT2D eigenvalue weighted by Crippen LogP contribution is -2.56. The van der Waals surface area contributed by atoms with Gasteiger partial charge >= 0.3 is 0 Å². The number of ether oxygens (including phenoxy) is 1. The molecule has 1 aliphatic heterocycles. The molecule has 1 saturated heterocycles. The zero-order valence-electron chi connectivity index (χ0n) is 22.0. The van der Waals surface area contributed by atoms with Crippen LogP contribution in [0.2, 0.25) is 0 Å². The summed E-state index contributed by atoms with van der Waals surface area (Å²) in [6.45, 7) is 2.72. The molecule has 1 unspecified atom stereocenters. The lowest BCUT2D eigenvalue weighted by molar-refractivity contribution is -0.150. The summed E-state index contributed by atoms with van der Waals surface area (Å²) in [5.41, 5.74) is 4.95. The SMILES string of the molecule is CC[C@@H](C(=O)C(=O)NCc1ccccc1)C(CC(=O)N1CCOCC1)(CS(=O)(=O)Cc1ccccc1)C(N)=O. The highest BCUT2D eigenvalue weighted by Gasteiger charge is 2.53. The standard InChI is InChI=1S/C28H35N3O7S/c1-2-23(25(33)26(34)30-18-21-9-5-3-6-10-21)28(27(29)35,17-24(32)31-13-15-38-16-14-31)20-39(36,37)19-22-11-7-4-8-12-22/h3-12,23H,2,13-20H2,1H3,(H2,29,35)(H,30,34)/t23-,28?/m0/s1. The van der Waals surface area contributed by atoms with Crippen LogP contribution in [0.3, 0.4) is 0 Å². The van der Waals surface area contributed by atoms with Gasteiger partial charge in [0.1, 0.15) is 0 Å². The van der Waals surface area contributed by atoms with E-state index in [2.05, 4.69) is 5.32 Å². The van der Waals surface area contributed by atoms with Gasteiger partial charge in [0.2, 0.25) is 17.6 Å². The summed E-state index contributed by atoms with van der Waals surface area (Å²) in [6.07, 6.45) is -0.690. The molecule has 1 heterocycles. The highest BCUT2D eigenvalue weighted by molar-refractivity contribution is 7.90. The molecule has 0 saturated carbocycles. The molecule has 0 aliphatic carbocycles. The molecule has 39 heavy (non-hydrogen) atoms. The predicted octanol–water partition coefficient (Wildman–Crippen LogP) is 1.23. The van der Waals surface area contributed by atoms with Gasteiger partial charge in [-0.05, 0) is 17.5 Å². The van der Waals surface area contributed by atoms with Crippen molar-refractivity contribution in [3.63, 3.8) is 0 Å². The summed E-state index contributed by atoms with van der Waals surface area (Å²) in [4.78, 5) is 54.4. The molecule has 3 N–H and O–H groups in total. The Hall–Kier alpha value is -3.57. The van der Waals surface area contributed by atoms with Gasteiger partial charge in [0.25, 0.3) is 5.91 Å². The van der Waals surface area contributed by atoms with E-state index in [0.29, 0.717) is 18.8 Å². The first-order valence-corrected chi connectivity index (χ1v) is 14.7. The van der Waals surface area contributed by atoms with Crippen molar-refractivity contribution in [3.05, 3.63) is 71.8 Å². The number of Topliss-reactive ketones (excluding diaryl/α,β-unsaturated/α-hetero) is 1. The molecular weight excluding hydrogens is 522 g/mol. The van der Waals surface area contributed by atoms with Crippen molar-refractivity contribution >= 4 is 33.3 Å². The molecule has 0 spiro atoms. The van der Waals surface area contributed by atoms with Crippen LogP contribution < -0.4 is 11.1 Å². The molecule has 0 bridgehead atoms. The topological polar surface area (TPSA) is 153 Å². The van der Waals surface area contributed by atoms with Gasteiger partial charge in [0.05, 0.1) is 30.1 Å². The summed E-state index contributed by atoms with van der Waals surface area (Å²) in [7, 11) is -4.06. The van der Waals surface area contributed by atoms with Crippen LogP contribution in [0.15, 0.2) is 60.7 Å². The van der Waals surface area contributed by atoms with Crippen LogP contribution in [-0.2, 0) is 46.0 Å². The van der Waals surface area contributed by atoms with Gasteiger partial charge in [0, 0.05) is 32.0 Å². The highest BCUT2D eigenvalue weighted by atomic mass is 32.2. The van der Waals surface area contributed by atoms with Gasteiger partial charge in [-0.25, -0.2) is 8.42 Å². The quantitative estimate of drug-likeness (QED) is 0.351. The molecule has 11 heteroatoms. The van der Waals surface area contributed by atoms with E-state index in [-0.39, 0.29) is 26.1 Å². The summed E-state index contributed by atoms with van der Waals surface area (Å²) >= 11 is 0. The van der Waals surface area contributed by atoms with E-state index in [1.807, 2.05) is 6.07 Å². The van der Waals surface area contributed by atoms with E-state index in [0.717, 1.165) is 5.56 Å². The average molecular weight is 558 g/mol. The zero-order valence-corrected chi connectivity index (χ0v) is 22.8. The fraction of sp³-hybridized carbons (Fsp3) is 0.429. The van der Waals surface area contributed by atoms with Crippen LogP contribution in [0, 0.1) is 11.3 Å². The number of carbonyl (C=O) groups is 4. The van der Waals surface area contributed by atoms with Crippen molar-refractivity contribution in [2.75, 3.05) is 32.1 Å². The molecule has 1 aliphatic rings. The smallest absolute Gasteiger partial charge is 0.287 e. The fourth-order valence-corrected chi connectivity index (χ4v) is 6.95. The number of morpholine rings is 1. The number of hydrogen-bond donors (Lipinski definition) is 2. The minimum atomic E-state index is -4.06. The maximum Gasteiger partial charge on any atom is 0.287 e. The Kier molecular flexibility index (Phi) is 10.4. The first kappa shape index (κ1) is 30.0. The van der Waals surface area contributed by atoms with Crippen LogP contribution in [0.25, 0.3) is 0 Å². The van der Waals surface area contributed by atoms with Gasteiger partial charge in [-0.1, -0.05) is 67.6 Å². The first-order valence-electron chi connectivity index (χ1n) is 12.8. The van der Waals surface area contributed by atoms with Gasteiger partial charge in [0.15, 0.2) is 9.84 Å². The minimum Gasteiger partial charge on any atom is -0.378 e. The van der Waals surface area contributed by atoms with Crippen molar-refractivity contribution in [1.29, 1.82) is 0 Å². The van der Waals surface area contributed by atoms with Crippen molar-refractivity contribution in [2.45, 2.75) is 32.1 Å². The first-order chi connectivity index (χ1) is 18.6. The highest BCUT2D eigenvalue weighted by Crippen LogP contribution is 2.38. The molecule has 210 valence electrons. The number of nitrogens with one attached hydrogen (secondary N) is 1. The molecule has 3 rings (SSSR count). The van der Waals surface area contributed by atoms with E-state index in [9.17, 15) is 27.6 Å². The third-order valence-corrected chi connectivity index (χ3v) is 8.67. The Morgan fingerprint density at radius 1 is 0.974 bits per heavy atom. The molecular formula is C28H35N3O7S. The van der Waals surface area contributed by atoms with E-state index in [4.69, 9.17) is 10.5 Å². The number of benzene rings is 2. The van der Waals surface area contributed by atoms with E-state index < -0.39 is 62.6 Å². The maximum atomic E-state index is 13.5. The third kappa shape index (κ3) is 7.96. The largest absolute Gasteiger partial charge is 0.378 e. The monoisotopic (exact) mass is 557 g/mol. The number of amides is 3. The lowest BCUT2D eigenvalue weighted by Gasteiger charge is -2.38. The van der Waals surface area contributed by atoms with E-state index >= 15 is 0 Å². The fourth-order valence-electron chi connectivity index (χ4n) is 4.92. The van der Waals surface area contributed by atoms with Crippen molar-refractivity contribution in [3.8, 4) is 0 Å². The van der Waals surface area contributed by atoms with Crippen molar-refractivity contribution in [2.24, 2.45) is 17.1 Å². The summed E-state index contributed by atoms with van der Waals surface area (Å²) < 4.78 is 32.2. The van der Waals surface area contributed by atoms with Gasteiger partial charge in [-0.3, -0.25) is 19.2 Å². The van der Waals surface area contributed by atoms with Crippen LogP contribution >= 0.6 is 0 Å². The molecule has 10 nitrogen and oxygen atoms in total. The molecule has 2 atom stereocenters. The Bertz CT molecular complexity index is 1260. The summed E-state index contributed by atoms with van der Waals surface area (Å²) in [5.74, 6) is -6.30. The Morgan fingerprint density at radius 2 is 1.54 bits per heavy atom. The van der Waals surface area contributed by atoms with Crippen LogP contribution in [0.4, 0.5) is 0 Å². The van der Waals surface area contributed by atoms with Crippen LogP contribution in [-0.4, -0.2) is 68.9 Å². The number of sulfone groups is 1. The molecule has 0 aromatic heterocycles. The Morgan fingerprint density at radius 3 is 2.08 bits per heavy atom. The number of ketones is 1. The van der Waals surface area contributed by atoms with E-state index in [1.54, 1.807) is 61.5 Å². The van der Waals surface area contributed by atoms with Crippen molar-refractivity contribution in [1.82, 2.24) is 10.2 Å².